The number of nitrogens with zero attached hydrogens (tertiary/aromatic N) is 3. The zero-order valence-corrected chi connectivity index (χ0v) is 17.0. The van der Waals surface area contributed by atoms with Crippen LogP contribution in [-0.2, 0) is 6.54 Å². The van der Waals surface area contributed by atoms with Crippen molar-refractivity contribution in [1.82, 2.24) is 20.7 Å². The third kappa shape index (κ3) is 6.29. The molecule has 1 fully saturated rings. The van der Waals surface area contributed by atoms with Crippen LogP contribution in [0.4, 0.5) is 0 Å². The van der Waals surface area contributed by atoms with E-state index in [1.807, 2.05) is 6.07 Å². The summed E-state index contributed by atoms with van der Waals surface area (Å²) in [5.74, 6) is 2.75. The minimum atomic E-state index is 0. The Balaban J connectivity index is 0.00000264. The van der Waals surface area contributed by atoms with Gasteiger partial charge in [0.05, 0.1) is 12.2 Å². The number of likely N-dealkylation sites (tertiary alicyclic amines) is 1. The largest absolute Gasteiger partial charge is 0.359 e. The van der Waals surface area contributed by atoms with E-state index in [9.17, 15) is 0 Å². The molecular weight excluding hydrogens is 405 g/mol. The zero-order valence-electron chi connectivity index (χ0n) is 14.6. The van der Waals surface area contributed by atoms with Crippen molar-refractivity contribution < 1.29 is 4.52 Å². The Morgan fingerprint density at radius 3 is 2.83 bits per heavy atom. The fraction of sp³-hybridized carbons (Fsp3) is 0.750. The van der Waals surface area contributed by atoms with Crippen molar-refractivity contribution in [2.75, 3.05) is 33.2 Å². The minimum Gasteiger partial charge on any atom is -0.359 e. The second-order valence-electron chi connectivity index (χ2n) is 6.23. The first kappa shape index (κ1) is 20.2. The highest BCUT2D eigenvalue weighted by Crippen LogP contribution is 2.15. The summed E-state index contributed by atoms with van der Waals surface area (Å²) < 4.78 is 5.33. The summed E-state index contributed by atoms with van der Waals surface area (Å²) in [6, 6.07) is 2.00. The molecule has 0 aliphatic carbocycles. The van der Waals surface area contributed by atoms with Crippen LogP contribution in [0.1, 0.15) is 44.6 Å². The van der Waals surface area contributed by atoms with E-state index in [1.165, 1.54) is 19.5 Å². The number of aliphatic imine (C=N–C) groups is 1. The molecule has 0 radical (unpaired) electrons. The van der Waals surface area contributed by atoms with Crippen molar-refractivity contribution in [3.63, 3.8) is 0 Å². The smallest absolute Gasteiger partial charge is 0.191 e. The summed E-state index contributed by atoms with van der Waals surface area (Å²) in [6.07, 6.45) is 1.26. The Kier molecular flexibility index (Phi) is 8.90. The maximum absolute atomic E-state index is 5.33. The highest BCUT2D eigenvalue weighted by Gasteiger charge is 2.21. The molecule has 0 aromatic carbocycles. The second kappa shape index (κ2) is 10.1. The van der Waals surface area contributed by atoms with Gasteiger partial charge in [-0.15, -0.1) is 24.0 Å². The molecule has 1 atom stereocenters. The number of rotatable bonds is 6. The van der Waals surface area contributed by atoms with Gasteiger partial charge >= 0.3 is 0 Å². The van der Waals surface area contributed by atoms with Crippen LogP contribution in [0.3, 0.4) is 0 Å². The summed E-state index contributed by atoms with van der Waals surface area (Å²) in [4.78, 5) is 6.75. The maximum Gasteiger partial charge on any atom is 0.191 e. The number of guanidine groups is 1. The SMILES string of the molecule is CCN1CCC(CNC(=NC)NCc2cc(C(C)C)no2)C1.I. The summed E-state index contributed by atoms with van der Waals surface area (Å²) in [5, 5.41) is 10.8. The van der Waals surface area contributed by atoms with Gasteiger partial charge < -0.3 is 20.1 Å². The monoisotopic (exact) mass is 435 g/mol. The lowest BCUT2D eigenvalue weighted by Gasteiger charge is -2.15. The van der Waals surface area contributed by atoms with Gasteiger partial charge in [0, 0.05) is 26.2 Å². The quantitative estimate of drug-likeness (QED) is 0.408. The third-order valence-corrected chi connectivity index (χ3v) is 4.20. The zero-order chi connectivity index (χ0) is 15.9. The molecule has 0 saturated carbocycles. The fourth-order valence-corrected chi connectivity index (χ4v) is 2.68. The van der Waals surface area contributed by atoms with E-state index in [-0.39, 0.29) is 24.0 Å². The highest BCUT2D eigenvalue weighted by atomic mass is 127. The number of aromatic nitrogens is 1. The molecule has 1 unspecified atom stereocenters. The van der Waals surface area contributed by atoms with Crippen LogP contribution in [-0.4, -0.2) is 49.2 Å². The van der Waals surface area contributed by atoms with E-state index >= 15 is 0 Å². The molecule has 0 bridgehead atoms. The summed E-state index contributed by atoms with van der Waals surface area (Å²) >= 11 is 0. The lowest BCUT2D eigenvalue weighted by Crippen LogP contribution is -2.39. The molecule has 6 nitrogen and oxygen atoms in total. The summed E-state index contributed by atoms with van der Waals surface area (Å²) in [5.41, 5.74) is 0.991. The Labute approximate surface area is 156 Å². The lowest BCUT2D eigenvalue weighted by atomic mass is 10.1. The second-order valence-corrected chi connectivity index (χ2v) is 6.23. The van der Waals surface area contributed by atoms with E-state index in [0.29, 0.717) is 18.4 Å². The van der Waals surface area contributed by atoms with E-state index in [1.54, 1.807) is 7.05 Å². The average Bonchev–Trinajstić information content (AvgIpc) is 3.16. The topological polar surface area (TPSA) is 65.7 Å². The van der Waals surface area contributed by atoms with E-state index in [4.69, 9.17) is 4.52 Å². The van der Waals surface area contributed by atoms with Crippen molar-refractivity contribution in [1.29, 1.82) is 0 Å². The molecule has 23 heavy (non-hydrogen) atoms. The normalized spacial score (nSPS) is 19.0. The molecule has 1 aliphatic heterocycles. The molecule has 1 saturated heterocycles. The molecular formula is C16H30IN5O. The van der Waals surface area contributed by atoms with Gasteiger partial charge in [-0.05, 0) is 31.3 Å². The highest BCUT2D eigenvalue weighted by molar-refractivity contribution is 14.0. The van der Waals surface area contributed by atoms with Gasteiger partial charge in [0.2, 0.25) is 0 Å². The van der Waals surface area contributed by atoms with Crippen molar-refractivity contribution in [2.45, 2.75) is 39.7 Å². The Morgan fingerprint density at radius 2 is 2.26 bits per heavy atom. The van der Waals surface area contributed by atoms with Crippen molar-refractivity contribution in [3.8, 4) is 0 Å². The molecule has 132 valence electrons. The predicted molar refractivity (Wildman–Crippen MR) is 104 cm³/mol. The van der Waals surface area contributed by atoms with Crippen LogP contribution < -0.4 is 10.6 Å². The molecule has 2 rings (SSSR count). The molecule has 1 aliphatic rings. The van der Waals surface area contributed by atoms with E-state index in [2.05, 4.69) is 46.5 Å². The summed E-state index contributed by atoms with van der Waals surface area (Å²) in [7, 11) is 1.79. The molecule has 1 aromatic rings. The van der Waals surface area contributed by atoms with Crippen LogP contribution >= 0.6 is 24.0 Å². The Hall–Kier alpha value is -0.830. The van der Waals surface area contributed by atoms with Gasteiger partial charge in [0.1, 0.15) is 0 Å². The van der Waals surface area contributed by atoms with Crippen LogP contribution in [0, 0.1) is 5.92 Å². The van der Waals surface area contributed by atoms with Gasteiger partial charge in [0.15, 0.2) is 11.7 Å². The Morgan fingerprint density at radius 1 is 1.48 bits per heavy atom. The van der Waals surface area contributed by atoms with Crippen molar-refractivity contribution in [2.24, 2.45) is 10.9 Å². The maximum atomic E-state index is 5.33. The third-order valence-electron chi connectivity index (χ3n) is 4.20. The average molecular weight is 435 g/mol. The fourth-order valence-electron chi connectivity index (χ4n) is 2.68. The van der Waals surface area contributed by atoms with Crippen LogP contribution in [0.15, 0.2) is 15.6 Å². The Bertz CT molecular complexity index is 489. The number of hydrogen-bond acceptors (Lipinski definition) is 4. The van der Waals surface area contributed by atoms with E-state index < -0.39 is 0 Å². The number of halogens is 1. The first-order valence-electron chi connectivity index (χ1n) is 8.24. The van der Waals surface area contributed by atoms with Crippen LogP contribution in [0.25, 0.3) is 0 Å². The van der Waals surface area contributed by atoms with Gasteiger partial charge in [-0.25, -0.2) is 0 Å². The van der Waals surface area contributed by atoms with Gasteiger partial charge in [-0.3, -0.25) is 4.99 Å². The van der Waals surface area contributed by atoms with E-state index in [0.717, 1.165) is 30.5 Å². The minimum absolute atomic E-state index is 0. The van der Waals surface area contributed by atoms with Gasteiger partial charge in [0.25, 0.3) is 0 Å². The lowest BCUT2D eigenvalue weighted by molar-refractivity contribution is 0.341. The summed E-state index contributed by atoms with van der Waals surface area (Å²) in [6.45, 7) is 11.5. The molecule has 2 heterocycles. The van der Waals surface area contributed by atoms with Crippen LogP contribution in [0.5, 0.6) is 0 Å². The number of nitrogens with one attached hydrogen (secondary N) is 2. The molecule has 2 N–H and O–H groups in total. The molecule has 7 heteroatoms. The molecule has 0 spiro atoms. The first-order valence-corrected chi connectivity index (χ1v) is 8.24. The van der Waals surface area contributed by atoms with Crippen molar-refractivity contribution in [3.05, 3.63) is 17.5 Å². The molecule has 1 aromatic heterocycles. The van der Waals surface area contributed by atoms with Crippen molar-refractivity contribution >= 4 is 29.9 Å². The van der Waals surface area contributed by atoms with Crippen LogP contribution in [0.2, 0.25) is 0 Å². The first-order chi connectivity index (χ1) is 10.6. The van der Waals surface area contributed by atoms with Gasteiger partial charge in [-0.2, -0.15) is 0 Å². The number of hydrogen-bond donors (Lipinski definition) is 2. The standard InChI is InChI=1S/C16H29N5O.HI/c1-5-21-7-6-13(11-21)9-18-16(17-4)19-10-14-8-15(12(2)3)20-22-14;/h8,12-13H,5-7,9-11H2,1-4H3,(H2,17,18,19);1H. The molecule has 0 amide bonds. The van der Waals surface area contributed by atoms with Gasteiger partial charge in [-0.1, -0.05) is 25.9 Å². The predicted octanol–water partition coefficient (Wildman–Crippen LogP) is 2.42.